The molecule has 0 aliphatic heterocycles. The standard InChI is InChI=1S/C40H78O10/c1-5-7-9-15-21-27-35(45-3)37(49-43)29-23-17-11-13-19-25-31-39(41)47-33-34-48-40(42)32-26-20-14-12-18-24-30-38(50-44)36(46-4)28-22-16-10-8-6-2/h35-38,43-44H,5-34H2,1-4H3. The van der Waals surface area contributed by atoms with E-state index in [0.717, 1.165) is 116 Å². The molecule has 0 aromatic heterocycles. The maximum Gasteiger partial charge on any atom is 0.305 e. The number of rotatable bonds is 39. The molecule has 298 valence electrons. The van der Waals surface area contributed by atoms with Crippen molar-refractivity contribution < 1.29 is 48.8 Å². The number of carbonyl (C=O) groups is 2. The molecular formula is C40H78O10. The van der Waals surface area contributed by atoms with Crippen molar-refractivity contribution in [2.75, 3.05) is 27.4 Å². The Bertz CT molecular complexity index is 677. The number of hydrogen-bond donors (Lipinski definition) is 2. The zero-order valence-corrected chi connectivity index (χ0v) is 32.7. The summed E-state index contributed by atoms with van der Waals surface area (Å²) in [5.74, 6) is -0.498. The van der Waals surface area contributed by atoms with Gasteiger partial charge in [-0.05, 0) is 38.5 Å². The molecule has 4 atom stereocenters. The SMILES string of the molecule is CCCCCCCC(OC)C(CCCCCCCCC(=O)OCCOC(=O)CCCCCCCCC(OO)C(CCCCCCC)OC)OO. The maximum atomic E-state index is 12.0. The van der Waals surface area contributed by atoms with E-state index >= 15 is 0 Å². The Kier molecular flexibility index (Phi) is 36.5. The van der Waals surface area contributed by atoms with Crippen LogP contribution < -0.4 is 0 Å². The highest BCUT2D eigenvalue weighted by molar-refractivity contribution is 5.70. The summed E-state index contributed by atoms with van der Waals surface area (Å²) in [5, 5.41) is 18.7. The fraction of sp³-hybridized carbons (Fsp3) is 0.950. The first-order valence-corrected chi connectivity index (χ1v) is 20.4. The third kappa shape index (κ3) is 29.3. The average molecular weight is 719 g/mol. The van der Waals surface area contributed by atoms with E-state index in [9.17, 15) is 20.1 Å². The lowest BCUT2D eigenvalue weighted by Crippen LogP contribution is -2.30. The van der Waals surface area contributed by atoms with Crippen LogP contribution in [0, 0.1) is 0 Å². The summed E-state index contributed by atoms with van der Waals surface area (Å²) in [4.78, 5) is 33.5. The third-order valence-electron chi connectivity index (χ3n) is 9.74. The predicted molar refractivity (Wildman–Crippen MR) is 199 cm³/mol. The molecule has 10 nitrogen and oxygen atoms in total. The summed E-state index contributed by atoms with van der Waals surface area (Å²) in [6.45, 7) is 4.61. The molecular weight excluding hydrogens is 640 g/mol. The zero-order valence-electron chi connectivity index (χ0n) is 32.7. The lowest BCUT2D eigenvalue weighted by molar-refractivity contribution is -0.300. The molecule has 0 amide bonds. The van der Waals surface area contributed by atoms with Gasteiger partial charge in [0.15, 0.2) is 0 Å². The van der Waals surface area contributed by atoms with Crippen molar-refractivity contribution in [3.05, 3.63) is 0 Å². The molecule has 50 heavy (non-hydrogen) atoms. The van der Waals surface area contributed by atoms with Gasteiger partial charge < -0.3 is 18.9 Å². The second kappa shape index (κ2) is 37.5. The highest BCUT2D eigenvalue weighted by Gasteiger charge is 2.22. The molecule has 4 unspecified atom stereocenters. The Morgan fingerprint density at radius 2 is 0.700 bits per heavy atom. The minimum Gasteiger partial charge on any atom is -0.462 e. The van der Waals surface area contributed by atoms with E-state index in [-0.39, 0.29) is 49.6 Å². The fourth-order valence-electron chi connectivity index (χ4n) is 6.52. The van der Waals surface area contributed by atoms with Crippen molar-refractivity contribution in [1.29, 1.82) is 0 Å². The Hall–Kier alpha value is -1.30. The van der Waals surface area contributed by atoms with Crippen LogP contribution in [0.15, 0.2) is 0 Å². The Morgan fingerprint density at radius 1 is 0.420 bits per heavy atom. The van der Waals surface area contributed by atoms with Crippen LogP contribution in [0.5, 0.6) is 0 Å². The van der Waals surface area contributed by atoms with Crippen LogP contribution in [0.25, 0.3) is 0 Å². The number of methoxy groups -OCH3 is 2. The van der Waals surface area contributed by atoms with E-state index in [2.05, 4.69) is 13.8 Å². The van der Waals surface area contributed by atoms with E-state index in [1.165, 1.54) is 51.4 Å². The monoisotopic (exact) mass is 719 g/mol. The molecule has 0 aromatic carbocycles. The Morgan fingerprint density at radius 3 is 1.00 bits per heavy atom. The van der Waals surface area contributed by atoms with Crippen LogP contribution in [0.4, 0.5) is 0 Å². The number of unbranched alkanes of at least 4 members (excludes halogenated alkanes) is 18. The fourth-order valence-corrected chi connectivity index (χ4v) is 6.52. The first-order valence-electron chi connectivity index (χ1n) is 20.4. The van der Waals surface area contributed by atoms with Gasteiger partial charge in [-0.2, -0.15) is 0 Å². The molecule has 0 aromatic rings. The summed E-state index contributed by atoms with van der Waals surface area (Å²) in [6, 6.07) is 0. The summed E-state index contributed by atoms with van der Waals surface area (Å²) >= 11 is 0. The van der Waals surface area contributed by atoms with Crippen molar-refractivity contribution in [3.8, 4) is 0 Å². The quantitative estimate of drug-likeness (QED) is 0.0274. The number of esters is 2. The molecule has 0 fully saturated rings. The second-order valence-corrected chi connectivity index (χ2v) is 14.0. The molecule has 2 N–H and O–H groups in total. The zero-order chi connectivity index (χ0) is 36.9. The smallest absolute Gasteiger partial charge is 0.305 e. The van der Waals surface area contributed by atoms with Gasteiger partial charge in [0.05, 0.1) is 12.2 Å². The summed E-state index contributed by atoms with van der Waals surface area (Å²) < 4.78 is 21.6. The molecule has 10 heteroatoms. The average Bonchev–Trinajstić information content (AvgIpc) is 3.12. The normalized spacial score (nSPS) is 14.0. The summed E-state index contributed by atoms with van der Waals surface area (Å²) in [5.41, 5.74) is 0. The van der Waals surface area contributed by atoms with Crippen molar-refractivity contribution in [2.24, 2.45) is 0 Å². The first-order chi connectivity index (χ1) is 24.5. The molecule has 0 aliphatic rings. The van der Waals surface area contributed by atoms with E-state index in [0.29, 0.717) is 12.8 Å². The molecule has 0 rings (SSSR count). The Labute approximate surface area is 305 Å². The van der Waals surface area contributed by atoms with Crippen LogP contribution in [-0.4, -0.2) is 74.3 Å². The van der Waals surface area contributed by atoms with E-state index in [4.69, 9.17) is 28.7 Å². The van der Waals surface area contributed by atoms with E-state index < -0.39 is 0 Å². The maximum absolute atomic E-state index is 12.0. The summed E-state index contributed by atoms with van der Waals surface area (Å²) in [6.07, 6.45) is 27.3. The first kappa shape index (κ1) is 48.7. The lowest BCUT2D eigenvalue weighted by atomic mass is 9.99. The Balaban J connectivity index is 3.71. The second-order valence-electron chi connectivity index (χ2n) is 14.0. The molecule has 0 aliphatic carbocycles. The molecule has 0 spiro atoms. The van der Waals surface area contributed by atoms with E-state index in [1.807, 2.05) is 0 Å². The molecule has 0 saturated carbocycles. The topological polar surface area (TPSA) is 130 Å². The number of carbonyl (C=O) groups excluding carboxylic acids is 2. The van der Waals surface area contributed by atoms with Gasteiger partial charge in [-0.25, -0.2) is 9.78 Å². The number of ether oxygens (including phenoxy) is 4. The molecule has 0 saturated heterocycles. The summed E-state index contributed by atoms with van der Waals surface area (Å²) in [7, 11) is 3.38. The minimum absolute atomic E-state index is 0.0685. The predicted octanol–water partition coefficient (Wildman–Crippen LogP) is 10.8. The van der Waals surface area contributed by atoms with Gasteiger partial charge in [-0.1, -0.05) is 142 Å². The molecule has 0 heterocycles. The van der Waals surface area contributed by atoms with Crippen LogP contribution >= 0.6 is 0 Å². The van der Waals surface area contributed by atoms with Crippen molar-refractivity contribution in [2.45, 2.75) is 218 Å². The van der Waals surface area contributed by atoms with Crippen molar-refractivity contribution in [3.63, 3.8) is 0 Å². The number of hydrogen-bond acceptors (Lipinski definition) is 10. The van der Waals surface area contributed by atoms with Gasteiger partial charge in [0, 0.05) is 27.1 Å². The van der Waals surface area contributed by atoms with Gasteiger partial charge >= 0.3 is 11.9 Å². The van der Waals surface area contributed by atoms with Crippen molar-refractivity contribution >= 4 is 11.9 Å². The molecule has 0 radical (unpaired) electrons. The van der Waals surface area contributed by atoms with Gasteiger partial charge in [0.25, 0.3) is 0 Å². The van der Waals surface area contributed by atoms with Crippen LogP contribution in [0.1, 0.15) is 194 Å². The third-order valence-corrected chi connectivity index (χ3v) is 9.74. The largest absolute Gasteiger partial charge is 0.462 e. The van der Waals surface area contributed by atoms with E-state index in [1.54, 1.807) is 14.2 Å². The van der Waals surface area contributed by atoms with Crippen LogP contribution in [-0.2, 0) is 38.3 Å². The highest BCUT2D eigenvalue weighted by atomic mass is 17.1. The van der Waals surface area contributed by atoms with Gasteiger partial charge in [-0.15, -0.1) is 0 Å². The lowest BCUT2D eigenvalue weighted by Gasteiger charge is -2.23. The van der Waals surface area contributed by atoms with Crippen molar-refractivity contribution in [1.82, 2.24) is 0 Å². The van der Waals surface area contributed by atoms with Crippen LogP contribution in [0.2, 0.25) is 0 Å². The molecule has 0 bridgehead atoms. The van der Waals surface area contributed by atoms with Gasteiger partial charge in [-0.3, -0.25) is 20.1 Å². The van der Waals surface area contributed by atoms with Crippen LogP contribution in [0.3, 0.4) is 0 Å². The van der Waals surface area contributed by atoms with Gasteiger partial charge in [0.1, 0.15) is 25.4 Å². The highest BCUT2D eigenvalue weighted by Crippen LogP contribution is 2.20. The van der Waals surface area contributed by atoms with Gasteiger partial charge in [0.2, 0.25) is 0 Å². The minimum atomic E-state index is -0.279.